The summed E-state index contributed by atoms with van der Waals surface area (Å²) in [5, 5.41) is 14.2. The van der Waals surface area contributed by atoms with Gasteiger partial charge in [0, 0.05) is 48.4 Å². The molecule has 0 spiro atoms. The molecule has 0 saturated heterocycles. The predicted octanol–water partition coefficient (Wildman–Crippen LogP) is 2.89. The number of anilines is 1. The van der Waals surface area contributed by atoms with E-state index >= 15 is 0 Å². The molecule has 5 heteroatoms. The minimum Gasteiger partial charge on any atom is -0.496 e. The van der Waals surface area contributed by atoms with Gasteiger partial charge < -0.3 is 26.5 Å². The molecule has 2 rings (SSSR count). The van der Waals surface area contributed by atoms with Crippen LogP contribution in [0.2, 0.25) is 0 Å². The van der Waals surface area contributed by atoms with Gasteiger partial charge in [0.1, 0.15) is 5.75 Å². The van der Waals surface area contributed by atoms with E-state index in [1.807, 2.05) is 24.3 Å². The van der Waals surface area contributed by atoms with Crippen LogP contribution in [0.5, 0.6) is 5.75 Å². The number of allylic oxidation sites excluding steroid dienone is 1. The lowest BCUT2D eigenvalue weighted by Crippen LogP contribution is -2.24. The third-order valence-electron chi connectivity index (χ3n) is 3.91. The van der Waals surface area contributed by atoms with E-state index in [1.54, 1.807) is 7.11 Å². The molecule has 0 aliphatic rings. The lowest BCUT2D eigenvalue weighted by atomic mass is 10.1. The van der Waals surface area contributed by atoms with Crippen molar-refractivity contribution >= 4 is 17.5 Å². The van der Waals surface area contributed by atoms with Crippen LogP contribution in [0.4, 0.5) is 5.69 Å². The van der Waals surface area contributed by atoms with E-state index in [0.29, 0.717) is 11.3 Å². The van der Waals surface area contributed by atoms with Crippen molar-refractivity contribution in [2.75, 3.05) is 32.1 Å². The van der Waals surface area contributed by atoms with Gasteiger partial charge in [0.15, 0.2) is 0 Å². The van der Waals surface area contributed by atoms with E-state index in [9.17, 15) is 0 Å². The summed E-state index contributed by atoms with van der Waals surface area (Å²) >= 11 is 0. The van der Waals surface area contributed by atoms with Crippen LogP contribution >= 0.6 is 0 Å². The highest BCUT2D eigenvalue weighted by molar-refractivity contribution is 6.09. The first-order valence-electron chi connectivity index (χ1n) is 8.37. The molecule has 0 aromatic heterocycles. The van der Waals surface area contributed by atoms with Crippen LogP contribution in [0, 0.1) is 5.41 Å². The highest BCUT2D eigenvalue weighted by Crippen LogP contribution is 2.27. The van der Waals surface area contributed by atoms with Crippen LogP contribution in [-0.4, -0.2) is 33.0 Å². The molecule has 0 radical (unpaired) electrons. The summed E-state index contributed by atoms with van der Waals surface area (Å²) in [6.07, 6.45) is 3.66. The maximum atomic E-state index is 7.41. The van der Waals surface area contributed by atoms with Gasteiger partial charge >= 0.3 is 0 Å². The van der Waals surface area contributed by atoms with Gasteiger partial charge in [-0.05, 0) is 30.7 Å². The lowest BCUT2D eigenvalue weighted by molar-refractivity contribution is 0.414. The maximum absolute atomic E-state index is 7.41. The lowest BCUT2D eigenvalue weighted by Gasteiger charge is -2.13. The van der Waals surface area contributed by atoms with Gasteiger partial charge in [-0.15, -0.1) is 0 Å². The number of rotatable bonds is 10. The largest absolute Gasteiger partial charge is 0.496 e. The Balaban J connectivity index is 1.78. The molecular weight excluding hydrogens is 312 g/mol. The molecule has 0 fully saturated rings. The zero-order chi connectivity index (χ0) is 17.9. The number of ether oxygens (including phenoxy) is 1. The van der Waals surface area contributed by atoms with Crippen LogP contribution in [0.1, 0.15) is 11.1 Å². The van der Waals surface area contributed by atoms with E-state index in [2.05, 4.69) is 34.9 Å². The maximum Gasteiger partial charge on any atom is 0.128 e. The van der Waals surface area contributed by atoms with Gasteiger partial charge in [0.25, 0.3) is 0 Å². The van der Waals surface area contributed by atoms with E-state index in [0.717, 1.165) is 37.3 Å². The summed E-state index contributed by atoms with van der Waals surface area (Å²) in [6.45, 7) is 2.66. The third-order valence-corrected chi connectivity index (χ3v) is 3.91. The van der Waals surface area contributed by atoms with Crippen LogP contribution < -0.4 is 21.1 Å². The molecule has 0 atom stereocenters. The Hall–Kier alpha value is -2.79. The standard InChI is InChI=1S/C20H26N4O/c1-25-20-13-18(7-8-19(20)17(14-21)15-22)24-12-11-23-10-9-16-5-3-2-4-6-16/h2-8,13-15,21,23-24H,9-12,22H2,1H3/b17-15+,21-14?. The molecule has 5 nitrogen and oxygen atoms in total. The van der Waals surface area contributed by atoms with Gasteiger partial charge in [-0.2, -0.15) is 0 Å². The van der Waals surface area contributed by atoms with Crippen molar-refractivity contribution in [2.45, 2.75) is 6.42 Å². The van der Waals surface area contributed by atoms with Crippen LogP contribution in [-0.2, 0) is 6.42 Å². The molecule has 5 N–H and O–H groups in total. The second-order valence-electron chi connectivity index (χ2n) is 5.59. The van der Waals surface area contributed by atoms with E-state index in [1.165, 1.54) is 18.0 Å². The monoisotopic (exact) mass is 338 g/mol. The third kappa shape index (κ3) is 5.65. The Morgan fingerprint density at radius 3 is 2.60 bits per heavy atom. The van der Waals surface area contributed by atoms with E-state index in [4.69, 9.17) is 15.9 Å². The van der Waals surface area contributed by atoms with Crippen molar-refractivity contribution in [2.24, 2.45) is 5.73 Å². The highest BCUT2D eigenvalue weighted by atomic mass is 16.5. The topological polar surface area (TPSA) is 83.2 Å². The van der Waals surface area contributed by atoms with Crippen LogP contribution in [0.15, 0.2) is 54.7 Å². The normalized spacial score (nSPS) is 11.2. The second-order valence-corrected chi connectivity index (χ2v) is 5.59. The number of nitrogens with two attached hydrogens (primary N) is 1. The Bertz CT molecular complexity index is 698. The van der Waals surface area contributed by atoms with Crippen molar-refractivity contribution in [1.29, 1.82) is 5.41 Å². The zero-order valence-electron chi connectivity index (χ0n) is 14.6. The predicted molar refractivity (Wildman–Crippen MR) is 105 cm³/mol. The molecule has 0 aliphatic heterocycles. The first kappa shape index (κ1) is 18.5. The quantitative estimate of drug-likeness (QED) is 0.396. The Morgan fingerprint density at radius 1 is 1.12 bits per heavy atom. The number of hydrogen-bond acceptors (Lipinski definition) is 5. The second kappa shape index (κ2) is 10.2. The summed E-state index contributed by atoms with van der Waals surface area (Å²) in [4.78, 5) is 0. The van der Waals surface area contributed by atoms with Crippen molar-refractivity contribution in [3.63, 3.8) is 0 Å². The number of hydrogen-bond donors (Lipinski definition) is 4. The summed E-state index contributed by atoms with van der Waals surface area (Å²) in [7, 11) is 1.62. The average molecular weight is 338 g/mol. The number of methoxy groups -OCH3 is 1. The molecule has 2 aromatic rings. The Labute approximate surface area is 149 Å². The fourth-order valence-electron chi connectivity index (χ4n) is 2.55. The zero-order valence-corrected chi connectivity index (χ0v) is 14.6. The molecule has 132 valence electrons. The molecule has 0 aliphatic carbocycles. The van der Waals surface area contributed by atoms with Gasteiger partial charge in [0.05, 0.1) is 7.11 Å². The van der Waals surface area contributed by atoms with Gasteiger partial charge in [-0.25, -0.2) is 0 Å². The van der Waals surface area contributed by atoms with Crippen molar-refractivity contribution < 1.29 is 4.74 Å². The summed E-state index contributed by atoms with van der Waals surface area (Å²) < 4.78 is 5.41. The number of benzene rings is 2. The molecule has 0 bridgehead atoms. The highest BCUT2D eigenvalue weighted by Gasteiger charge is 2.07. The molecule has 0 amide bonds. The fourth-order valence-corrected chi connectivity index (χ4v) is 2.55. The summed E-state index contributed by atoms with van der Waals surface area (Å²) in [6, 6.07) is 16.3. The van der Waals surface area contributed by atoms with Crippen molar-refractivity contribution in [3.8, 4) is 5.75 Å². The Kier molecular flexibility index (Phi) is 7.53. The first-order valence-corrected chi connectivity index (χ1v) is 8.37. The van der Waals surface area contributed by atoms with Crippen LogP contribution in [0.25, 0.3) is 5.57 Å². The van der Waals surface area contributed by atoms with E-state index in [-0.39, 0.29) is 0 Å². The number of nitrogens with one attached hydrogen (secondary N) is 3. The van der Waals surface area contributed by atoms with E-state index < -0.39 is 0 Å². The fraction of sp³-hybridized carbons (Fsp3) is 0.250. The minimum absolute atomic E-state index is 0.631. The molecule has 0 heterocycles. The molecule has 2 aromatic carbocycles. The van der Waals surface area contributed by atoms with Gasteiger partial charge in [0.2, 0.25) is 0 Å². The summed E-state index contributed by atoms with van der Waals surface area (Å²) in [5.41, 5.74) is 9.32. The molecule has 0 unspecified atom stereocenters. The Morgan fingerprint density at radius 2 is 1.92 bits per heavy atom. The van der Waals surface area contributed by atoms with Crippen molar-refractivity contribution in [1.82, 2.24) is 5.32 Å². The van der Waals surface area contributed by atoms with Crippen LogP contribution in [0.3, 0.4) is 0 Å². The van der Waals surface area contributed by atoms with Crippen molar-refractivity contribution in [3.05, 3.63) is 65.9 Å². The SMILES string of the molecule is COc1cc(NCCNCCc2ccccc2)ccc1/C(C=N)=C/N. The molecule has 25 heavy (non-hydrogen) atoms. The summed E-state index contributed by atoms with van der Waals surface area (Å²) in [5.74, 6) is 0.697. The smallest absolute Gasteiger partial charge is 0.128 e. The average Bonchev–Trinajstić information content (AvgIpc) is 2.67. The first-order chi connectivity index (χ1) is 12.3. The van der Waals surface area contributed by atoms with Gasteiger partial charge in [-0.1, -0.05) is 30.3 Å². The molecule has 0 saturated carbocycles. The molecular formula is C20H26N4O. The minimum atomic E-state index is 0.631. The van der Waals surface area contributed by atoms with Gasteiger partial charge in [-0.3, -0.25) is 0 Å².